The standard InChI is InChI=1S/C17H15/c1-12-10-14-7-5-9-16(17(14)11-12)15-8-4-3-6-13(15)2/h3-11H,1-2H3. The lowest BCUT2D eigenvalue weighted by Crippen LogP contribution is -1.88. The average Bonchev–Trinajstić information content (AvgIpc) is 2.70. The topological polar surface area (TPSA) is 0 Å². The van der Waals surface area contributed by atoms with Crippen molar-refractivity contribution in [2.75, 3.05) is 0 Å². The van der Waals surface area contributed by atoms with Crippen LogP contribution in [0.2, 0.25) is 0 Å². The van der Waals surface area contributed by atoms with Crippen LogP contribution in [0.25, 0.3) is 17.2 Å². The van der Waals surface area contributed by atoms with Crippen LogP contribution in [-0.2, 0) is 0 Å². The fourth-order valence-corrected chi connectivity index (χ4v) is 2.49. The Morgan fingerprint density at radius 3 is 2.35 bits per heavy atom. The number of allylic oxidation sites excluding steroid dienone is 1. The van der Waals surface area contributed by atoms with Gasteiger partial charge in [0, 0.05) is 6.42 Å². The first kappa shape index (κ1) is 10.3. The van der Waals surface area contributed by atoms with Crippen LogP contribution in [0.15, 0.2) is 48.0 Å². The van der Waals surface area contributed by atoms with Gasteiger partial charge < -0.3 is 0 Å². The summed E-state index contributed by atoms with van der Waals surface area (Å²) in [5, 5.41) is 0. The van der Waals surface area contributed by atoms with E-state index in [-0.39, 0.29) is 0 Å². The van der Waals surface area contributed by atoms with Crippen molar-refractivity contribution in [1.29, 1.82) is 0 Å². The highest BCUT2D eigenvalue weighted by molar-refractivity contribution is 5.84. The van der Waals surface area contributed by atoms with Gasteiger partial charge in [-0.1, -0.05) is 54.1 Å². The van der Waals surface area contributed by atoms with Crippen molar-refractivity contribution in [3.05, 3.63) is 71.1 Å². The predicted octanol–water partition coefficient (Wildman–Crippen LogP) is 4.63. The smallest absolute Gasteiger partial charge is 0.0161 e. The maximum absolute atomic E-state index is 2.27. The molecule has 0 unspecified atom stereocenters. The summed E-state index contributed by atoms with van der Waals surface area (Å²) in [6, 6.07) is 15.1. The second-order valence-electron chi connectivity index (χ2n) is 4.66. The minimum Gasteiger partial charge on any atom is -0.0642 e. The Labute approximate surface area is 103 Å². The van der Waals surface area contributed by atoms with Crippen LogP contribution in [0.1, 0.15) is 23.6 Å². The summed E-state index contributed by atoms with van der Waals surface area (Å²) in [4.78, 5) is 0. The summed E-state index contributed by atoms with van der Waals surface area (Å²) in [6.45, 7) is 4.32. The van der Waals surface area contributed by atoms with Gasteiger partial charge in [0.2, 0.25) is 0 Å². The van der Waals surface area contributed by atoms with Gasteiger partial charge in [0.05, 0.1) is 0 Å². The zero-order valence-electron chi connectivity index (χ0n) is 10.2. The summed E-state index contributed by atoms with van der Waals surface area (Å²) in [5.74, 6) is 0. The third-order valence-electron chi connectivity index (χ3n) is 3.33. The van der Waals surface area contributed by atoms with Gasteiger partial charge >= 0.3 is 0 Å². The second kappa shape index (κ2) is 3.89. The Kier molecular flexibility index (Phi) is 2.36. The number of benzene rings is 2. The fraction of sp³-hybridized carbons (Fsp3) is 0.118. The molecule has 0 spiro atoms. The van der Waals surface area contributed by atoms with E-state index in [0.717, 1.165) is 0 Å². The molecule has 1 radical (unpaired) electrons. The predicted molar refractivity (Wildman–Crippen MR) is 73.7 cm³/mol. The average molecular weight is 219 g/mol. The van der Waals surface area contributed by atoms with Gasteiger partial charge in [-0.15, -0.1) is 0 Å². The molecule has 0 heteroatoms. The fourth-order valence-electron chi connectivity index (χ4n) is 2.49. The zero-order valence-corrected chi connectivity index (χ0v) is 10.2. The minimum atomic E-state index is 1.33. The van der Waals surface area contributed by atoms with E-state index in [1.807, 2.05) is 0 Å². The van der Waals surface area contributed by atoms with Gasteiger partial charge in [-0.25, -0.2) is 0 Å². The van der Waals surface area contributed by atoms with Gasteiger partial charge in [0.1, 0.15) is 0 Å². The van der Waals surface area contributed by atoms with E-state index in [2.05, 4.69) is 68.8 Å². The molecule has 0 saturated carbocycles. The molecule has 2 aromatic rings. The molecule has 0 nitrogen and oxygen atoms in total. The van der Waals surface area contributed by atoms with Gasteiger partial charge in [-0.3, -0.25) is 0 Å². The first-order valence-corrected chi connectivity index (χ1v) is 5.98. The molecular formula is C17H15. The number of fused-ring (bicyclic) bond motifs is 1. The second-order valence-corrected chi connectivity index (χ2v) is 4.66. The molecule has 0 fully saturated rings. The van der Waals surface area contributed by atoms with Crippen molar-refractivity contribution in [3.63, 3.8) is 0 Å². The Balaban J connectivity index is 2.24. The number of aryl methyl sites for hydroxylation is 1. The molecule has 0 heterocycles. The molecule has 0 saturated heterocycles. The number of hydrogen-bond donors (Lipinski definition) is 0. The monoisotopic (exact) mass is 219 g/mol. The summed E-state index contributed by atoms with van der Waals surface area (Å²) < 4.78 is 0. The van der Waals surface area contributed by atoms with Crippen LogP contribution in [0, 0.1) is 13.3 Å². The molecule has 1 aliphatic carbocycles. The quantitative estimate of drug-likeness (QED) is 0.656. The lowest BCUT2D eigenvalue weighted by atomic mass is 9.94. The Morgan fingerprint density at radius 1 is 0.765 bits per heavy atom. The molecule has 3 rings (SSSR count). The van der Waals surface area contributed by atoms with Gasteiger partial charge in [-0.05, 0) is 41.7 Å². The molecule has 0 N–H and O–H groups in total. The molecule has 0 amide bonds. The van der Waals surface area contributed by atoms with Crippen LogP contribution in [0.4, 0.5) is 0 Å². The van der Waals surface area contributed by atoms with E-state index >= 15 is 0 Å². The Bertz CT molecular complexity index is 603. The zero-order chi connectivity index (χ0) is 11.8. The van der Waals surface area contributed by atoms with Crippen LogP contribution in [-0.4, -0.2) is 0 Å². The number of rotatable bonds is 1. The third-order valence-corrected chi connectivity index (χ3v) is 3.33. The summed E-state index contributed by atoms with van der Waals surface area (Å²) in [6.07, 6.45) is 4.52. The highest BCUT2D eigenvalue weighted by atomic mass is 14.2. The molecule has 17 heavy (non-hydrogen) atoms. The van der Waals surface area contributed by atoms with Gasteiger partial charge in [0.15, 0.2) is 0 Å². The normalized spacial score (nSPS) is 13.4. The minimum absolute atomic E-state index is 1.33. The van der Waals surface area contributed by atoms with Crippen molar-refractivity contribution < 1.29 is 0 Å². The molecule has 83 valence electrons. The highest BCUT2D eigenvalue weighted by Crippen LogP contribution is 2.35. The van der Waals surface area contributed by atoms with Crippen LogP contribution >= 0.6 is 0 Å². The Morgan fingerprint density at radius 2 is 1.53 bits per heavy atom. The van der Waals surface area contributed by atoms with Crippen LogP contribution in [0.3, 0.4) is 0 Å². The van der Waals surface area contributed by atoms with Gasteiger partial charge in [-0.2, -0.15) is 0 Å². The maximum Gasteiger partial charge on any atom is 0.0161 e. The first-order chi connectivity index (χ1) is 8.25. The van der Waals surface area contributed by atoms with Crippen molar-refractivity contribution in [1.82, 2.24) is 0 Å². The van der Waals surface area contributed by atoms with E-state index < -0.39 is 0 Å². The number of hydrogen-bond acceptors (Lipinski definition) is 0. The largest absolute Gasteiger partial charge is 0.0642 e. The summed E-state index contributed by atoms with van der Waals surface area (Å²) in [5.41, 5.74) is 8.04. The molecule has 0 aliphatic heterocycles. The van der Waals surface area contributed by atoms with E-state index in [1.165, 1.54) is 33.4 Å². The summed E-state index contributed by atoms with van der Waals surface area (Å²) >= 11 is 0. The molecule has 0 atom stereocenters. The molecule has 1 aliphatic rings. The molecule has 2 aromatic carbocycles. The van der Waals surface area contributed by atoms with Crippen LogP contribution < -0.4 is 0 Å². The SMILES string of the molecule is CC1=Cc2c(cccc2-c2ccccc2C)[CH]1. The third kappa shape index (κ3) is 1.70. The molecule has 0 bridgehead atoms. The maximum atomic E-state index is 2.27. The highest BCUT2D eigenvalue weighted by Gasteiger charge is 2.14. The molecule has 0 aromatic heterocycles. The summed E-state index contributed by atoms with van der Waals surface area (Å²) in [7, 11) is 0. The lowest BCUT2D eigenvalue weighted by Gasteiger charge is -2.10. The van der Waals surface area contributed by atoms with Crippen LogP contribution in [0.5, 0.6) is 0 Å². The van der Waals surface area contributed by atoms with Crippen molar-refractivity contribution in [3.8, 4) is 11.1 Å². The van der Waals surface area contributed by atoms with Crippen molar-refractivity contribution in [2.24, 2.45) is 0 Å². The van der Waals surface area contributed by atoms with E-state index in [1.54, 1.807) is 0 Å². The first-order valence-electron chi connectivity index (χ1n) is 5.98. The van der Waals surface area contributed by atoms with E-state index in [4.69, 9.17) is 0 Å². The van der Waals surface area contributed by atoms with Crippen molar-refractivity contribution >= 4 is 6.08 Å². The lowest BCUT2D eigenvalue weighted by molar-refractivity contribution is 1.42. The molecular weight excluding hydrogens is 204 g/mol. The van der Waals surface area contributed by atoms with E-state index in [0.29, 0.717) is 0 Å². The van der Waals surface area contributed by atoms with Gasteiger partial charge in [0.25, 0.3) is 0 Å². The van der Waals surface area contributed by atoms with Crippen molar-refractivity contribution in [2.45, 2.75) is 13.8 Å². The Hall–Kier alpha value is -1.82. The van der Waals surface area contributed by atoms with E-state index in [9.17, 15) is 0 Å².